The summed E-state index contributed by atoms with van der Waals surface area (Å²) in [6.07, 6.45) is 3.01. The van der Waals surface area contributed by atoms with Gasteiger partial charge >= 0.3 is 0 Å². The maximum absolute atomic E-state index is 12.2. The van der Waals surface area contributed by atoms with Crippen LogP contribution >= 0.6 is 11.6 Å². The van der Waals surface area contributed by atoms with Crippen molar-refractivity contribution in [2.24, 2.45) is 0 Å². The fourth-order valence-electron chi connectivity index (χ4n) is 1.87. The van der Waals surface area contributed by atoms with E-state index in [0.717, 1.165) is 17.8 Å². The van der Waals surface area contributed by atoms with Gasteiger partial charge in [-0.25, -0.2) is 0 Å². The number of benzene rings is 1. The van der Waals surface area contributed by atoms with E-state index in [-0.39, 0.29) is 5.91 Å². The van der Waals surface area contributed by atoms with E-state index in [4.69, 9.17) is 11.6 Å². The predicted octanol–water partition coefficient (Wildman–Crippen LogP) is 3.05. The summed E-state index contributed by atoms with van der Waals surface area (Å²) in [5.74, 6) is -0.233. The zero-order valence-electron chi connectivity index (χ0n) is 11.4. The maximum Gasteiger partial charge on any atom is 0.257 e. The minimum absolute atomic E-state index is 0.233. The molecular weight excluding hydrogens is 274 g/mol. The van der Waals surface area contributed by atoms with Gasteiger partial charge in [-0.05, 0) is 31.8 Å². The second-order valence-electron chi connectivity index (χ2n) is 4.70. The molecule has 0 aliphatic heterocycles. The molecule has 2 rings (SSSR count). The topological polar surface area (TPSA) is 45.2 Å². The number of carbonyl (C=O) groups is 1. The van der Waals surface area contributed by atoms with E-state index in [2.05, 4.69) is 10.3 Å². The Bertz CT molecular complexity index is 614. The van der Waals surface area contributed by atoms with Crippen LogP contribution in [0.1, 0.15) is 15.9 Å². The van der Waals surface area contributed by atoms with Crippen molar-refractivity contribution in [3.05, 3.63) is 58.9 Å². The van der Waals surface area contributed by atoms with E-state index in [9.17, 15) is 4.79 Å². The van der Waals surface area contributed by atoms with Crippen molar-refractivity contribution in [2.45, 2.75) is 6.54 Å². The maximum atomic E-state index is 12.2. The van der Waals surface area contributed by atoms with Gasteiger partial charge < -0.3 is 10.2 Å². The molecule has 0 aliphatic rings. The Labute approximate surface area is 123 Å². The molecule has 1 aromatic heterocycles. The Morgan fingerprint density at radius 3 is 2.75 bits per heavy atom. The summed E-state index contributed by atoms with van der Waals surface area (Å²) in [4.78, 5) is 18.2. The number of anilines is 1. The van der Waals surface area contributed by atoms with Crippen LogP contribution in [0.25, 0.3) is 0 Å². The van der Waals surface area contributed by atoms with E-state index in [1.54, 1.807) is 12.3 Å². The van der Waals surface area contributed by atoms with Crippen LogP contribution in [0.2, 0.25) is 5.02 Å². The Balaban J connectivity index is 2.22. The summed E-state index contributed by atoms with van der Waals surface area (Å²) in [5.41, 5.74) is 2.26. The fourth-order valence-corrected chi connectivity index (χ4v) is 2.07. The van der Waals surface area contributed by atoms with E-state index < -0.39 is 0 Å². The van der Waals surface area contributed by atoms with Crippen molar-refractivity contribution in [3.8, 4) is 0 Å². The average molecular weight is 290 g/mol. The van der Waals surface area contributed by atoms with Crippen LogP contribution in [0.5, 0.6) is 0 Å². The number of nitrogens with one attached hydrogen (secondary N) is 1. The molecule has 5 heteroatoms. The molecule has 0 atom stereocenters. The molecule has 1 heterocycles. The smallest absolute Gasteiger partial charge is 0.257 e. The van der Waals surface area contributed by atoms with Crippen molar-refractivity contribution in [3.63, 3.8) is 0 Å². The second-order valence-corrected chi connectivity index (χ2v) is 5.11. The standard InChI is InChI=1S/C15H16ClN3O/c1-19(2)10-11-5-3-4-6-14(11)18-15(20)12-7-8-17-9-13(12)16/h3-9H,10H2,1-2H3,(H,18,20). The normalized spacial score (nSPS) is 10.6. The molecule has 1 amide bonds. The zero-order chi connectivity index (χ0) is 14.5. The summed E-state index contributed by atoms with van der Waals surface area (Å²) >= 11 is 5.98. The zero-order valence-corrected chi connectivity index (χ0v) is 12.2. The van der Waals surface area contributed by atoms with Crippen LogP contribution in [-0.4, -0.2) is 29.9 Å². The molecule has 104 valence electrons. The second kappa shape index (κ2) is 6.50. The summed E-state index contributed by atoms with van der Waals surface area (Å²) < 4.78 is 0. The van der Waals surface area contributed by atoms with E-state index in [1.165, 1.54) is 6.20 Å². The van der Waals surface area contributed by atoms with Crippen LogP contribution in [-0.2, 0) is 6.54 Å². The molecule has 0 spiro atoms. The fraction of sp³-hybridized carbons (Fsp3) is 0.200. The third-order valence-corrected chi connectivity index (χ3v) is 3.07. The van der Waals surface area contributed by atoms with Gasteiger partial charge in [-0.3, -0.25) is 9.78 Å². The van der Waals surface area contributed by atoms with Gasteiger partial charge in [0, 0.05) is 24.6 Å². The number of amides is 1. The molecule has 1 N–H and O–H groups in total. The molecule has 0 unspecified atom stereocenters. The quantitative estimate of drug-likeness (QED) is 0.941. The van der Waals surface area contributed by atoms with Crippen molar-refractivity contribution < 1.29 is 4.79 Å². The van der Waals surface area contributed by atoms with Crippen LogP contribution in [0.3, 0.4) is 0 Å². The lowest BCUT2D eigenvalue weighted by molar-refractivity contribution is 0.102. The summed E-state index contributed by atoms with van der Waals surface area (Å²) in [7, 11) is 3.97. The number of pyridine rings is 1. The van der Waals surface area contributed by atoms with Gasteiger partial charge in [0.2, 0.25) is 0 Å². The number of para-hydroxylation sites is 1. The number of nitrogens with zero attached hydrogens (tertiary/aromatic N) is 2. The average Bonchev–Trinajstić information content (AvgIpc) is 2.41. The van der Waals surface area contributed by atoms with Gasteiger partial charge in [-0.1, -0.05) is 29.8 Å². The number of hydrogen-bond acceptors (Lipinski definition) is 3. The molecule has 0 fully saturated rings. The number of carbonyl (C=O) groups excluding carboxylic acids is 1. The number of hydrogen-bond donors (Lipinski definition) is 1. The van der Waals surface area contributed by atoms with Crippen molar-refractivity contribution in [2.75, 3.05) is 19.4 Å². The van der Waals surface area contributed by atoms with Crippen molar-refractivity contribution in [1.29, 1.82) is 0 Å². The molecule has 0 aliphatic carbocycles. The lowest BCUT2D eigenvalue weighted by atomic mass is 10.1. The lowest BCUT2D eigenvalue weighted by Crippen LogP contribution is -2.17. The Morgan fingerprint density at radius 2 is 2.05 bits per heavy atom. The van der Waals surface area contributed by atoms with Crippen LogP contribution in [0, 0.1) is 0 Å². The van der Waals surface area contributed by atoms with E-state index in [0.29, 0.717) is 10.6 Å². The predicted molar refractivity (Wildman–Crippen MR) is 81.0 cm³/mol. The first-order chi connectivity index (χ1) is 9.58. The third kappa shape index (κ3) is 3.56. The highest BCUT2D eigenvalue weighted by molar-refractivity contribution is 6.34. The minimum atomic E-state index is -0.233. The molecule has 0 saturated carbocycles. The third-order valence-electron chi connectivity index (χ3n) is 2.77. The van der Waals surface area contributed by atoms with Crippen molar-refractivity contribution in [1.82, 2.24) is 9.88 Å². The lowest BCUT2D eigenvalue weighted by Gasteiger charge is -2.15. The molecule has 20 heavy (non-hydrogen) atoms. The molecule has 1 aromatic carbocycles. The van der Waals surface area contributed by atoms with E-state index >= 15 is 0 Å². The Hall–Kier alpha value is -1.91. The minimum Gasteiger partial charge on any atom is -0.322 e. The van der Waals surface area contributed by atoms with Crippen LogP contribution in [0.4, 0.5) is 5.69 Å². The molecule has 2 aromatic rings. The summed E-state index contributed by atoms with van der Waals surface area (Å²) in [6, 6.07) is 9.32. The highest BCUT2D eigenvalue weighted by atomic mass is 35.5. The molecule has 0 bridgehead atoms. The largest absolute Gasteiger partial charge is 0.322 e. The van der Waals surface area contributed by atoms with Gasteiger partial charge in [0.1, 0.15) is 0 Å². The number of halogens is 1. The van der Waals surface area contributed by atoms with Crippen LogP contribution < -0.4 is 5.32 Å². The highest BCUT2D eigenvalue weighted by Gasteiger charge is 2.12. The van der Waals surface area contributed by atoms with Gasteiger partial charge in [-0.2, -0.15) is 0 Å². The van der Waals surface area contributed by atoms with Crippen LogP contribution in [0.15, 0.2) is 42.7 Å². The van der Waals surface area contributed by atoms with Crippen molar-refractivity contribution >= 4 is 23.2 Å². The molecule has 0 radical (unpaired) electrons. The van der Waals surface area contributed by atoms with Gasteiger partial charge in [-0.15, -0.1) is 0 Å². The number of rotatable bonds is 4. The molecule has 4 nitrogen and oxygen atoms in total. The molecular formula is C15H16ClN3O. The summed E-state index contributed by atoms with van der Waals surface area (Å²) in [6.45, 7) is 0.751. The Morgan fingerprint density at radius 1 is 1.30 bits per heavy atom. The van der Waals surface area contributed by atoms with Gasteiger partial charge in [0.25, 0.3) is 5.91 Å². The first-order valence-electron chi connectivity index (χ1n) is 6.21. The number of aromatic nitrogens is 1. The SMILES string of the molecule is CN(C)Cc1ccccc1NC(=O)c1ccncc1Cl. The molecule has 0 saturated heterocycles. The highest BCUT2D eigenvalue weighted by Crippen LogP contribution is 2.19. The van der Waals surface area contributed by atoms with E-state index in [1.807, 2.05) is 43.3 Å². The van der Waals surface area contributed by atoms with Gasteiger partial charge in [0.05, 0.1) is 10.6 Å². The van der Waals surface area contributed by atoms with Gasteiger partial charge in [0.15, 0.2) is 0 Å². The monoisotopic (exact) mass is 289 g/mol. The Kier molecular flexibility index (Phi) is 4.71. The summed E-state index contributed by atoms with van der Waals surface area (Å²) in [5, 5.41) is 3.24. The first kappa shape index (κ1) is 14.5. The first-order valence-corrected chi connectivity index (χ1v) is 6.59.